The Bertz CT molecular complexity index is 874. The van der Waals surface area contributed by atoms with Gasteiger partial charge in [-0.3, -0.25) is 4.55 Å². The van der Waals surface area contributed by atoms with E-state index in [0.29, 0.717) is 31.0 Å². The highest BCUT2D eigenvalue weighted by molar-refractivity contribution is 7.80. The predicted octanol–water partition coefficient (Wildman–Crippen LogP) is 1.69. The maximum atomic E-state index is 12.7. The van der Waals surface area contributed by atoms with E-state index in [1.807, 2.05) is 6.07 Å². The quantitative estimate of drug-likeness (QED) is 0.588. The van der Waals surface area contributed by atoms with E-state index in [-0.39, 0.29) is 6.04 Å². The molecule has 2 amide bonds. The first-order valence-corrected chi connectivity index (χ1v) is 10.9. The van der Waals surface area contributed by atoms with Crippen molar-refractivity contribution >= 4 is 16.4 Å². The molecule has 10 nitrogen and oxygen atoms in total. The van der Waals surface area contributed by atoms with Gasteiger partial charge in [0.1, 0.15) is 11.5 Å². The molecule has 2 atom stereocenters. The van der Waals surface area contributed by atoms with E-state index >= 15 is 0 Å². The van der Waals surface area contributed by atoms with Crippen LogP contribution in [0.15, 0.2) is 10.6 Å². The molecule has 1 aromatic heterocycles. The fourth-order valence-electron chi connectivity index (χ4n) is 4.60. The number of carbonyl (C=O) groups excluding carboxylic acids is 1. The molecule has 0 saturated carbocycles. The van der Waals surface area contributed by atoms with Crippen molar-refractivity contribution in [3.05, 3.63) is 17.5 Å². The van der Waals surface area contributed by atoms with Crippen LogP contribution < -0.4 is 0 Å². The van der Waals surface area contributed by atoms with Crippen molar-refractivity contribution < 1.29 is 31.1 Å². The van der Waals surface area contributed by atoms with Gasteiger partial charge in [-0.15, -0.1) is 4.28 Å². The molecule has 0 aromatic carbocycles. The van der Waals surface area contributed by atoms with E-state index in [1.54, 1.807) is 6.92 Å². The highest BCUT2D eigenvalue weighted by atomic mass is 32.3. The first kappa shape index (κ1) is 19.6. The summed E-state index contributed by atoms with van der Waals surface area (Å²) >= 11 is 0. The lowest BCUT2D eigenvalue weighted by molar-refractivity contribution is -0.895. The lowest BCUT2D eigenvalue weighted by Gasteiger charge is -2.36. The average molecular weight is 415 g/mol. The first-order chi connectivity index (χ1) is 13.0. The zero-order chi connectivity index (χ0) is 20.3. The summed E-state index contributed by atoms with van der Waals surface area (Å²) in [7, 11) is -0.331. The zero-order valence-electron chi connectivity index (χ0n) is 16.4. The number of rotatable bonds is 4. The van der Waals surface area contributed by atoms with Crippen molar-refractivity contribution in [1.29, 1.82) is 0 Å². The summed E-state index contributed by atoms with van der Waals surface area (Å²) in [4.78, 5) is 14.3. The number of carbonyl (C=O) groups is 1. The molecule has 156 valence electrons. The molecule has 3 fully saturated rings. The van der Waals surface area contributed by atoms with Crippen LogP contribution in [0.4, 0.5) is 4.79 Å². The van der Waals surface area contributed by atoms with Crippen LogP contribution in [0.2, 0.25) is 0 Å². The largest absolute Gasteiger partial charge is 0.418 e. The molecule has 3 aliphatic heterocycles. The van der Waals surface area contributed by atoms with Gasteiger partial charge in [0.05, 0.1) is 38.8 Å². The maximum Gasteiger partial charge on any atom is 0.418 e. The predicted molar refractivity (Wildman–Crippen MR) is 97.3 cm³/mol. The minimum atomic E-state index is -4.78. The van der Waals surface area contributed by atoms with Crippen LogP contribution in [0.1, 0.15) is 56.0 Å². The first-order valence-electron chi connectivity index (χ1n) is 9.54. The van der Waals surface area contributed by atoms with Crippen molar-refractivity contribution in [3.8, 4) is 0 Å². The molecule has 0 spiro atoms. The Labute approximate surface area is 164 Å². The minimum Gasteiger partial charge on any atom is -0.361 e. The Balaban J connectivity index is 1.51. The number of hydrogen-bond acceptors (Lipinski definition) is 6. The smallest absolute Gasteiger partial charge is 0.361 e. The van der Waals surface area contributed by atoms with Gasteiger partial charge in [0, 0.05) is 31.4 Å². The highest BCUT2D eigenvalue weighted by Crippen LogP contribution is 2.45. The van der Waals surface area contributed by atoms with Gasteiger partial charge in [-0.2, -0.15) is 13.5 Å². The van der Waals surface area contributed by atoms with E-state index in [2.05, 4.69) is 23.5 Å². The molecule has 3 aliphatic rings. The molecule has 11 heteroatoms. The third-order valence-electron chi connectivity index (χ3n) is 6.38. The Kier molecular flexibility index (Phi) is 4.49. The molecular weight excluding hydrogens is 388 g/mol. The fourth-order valence-corrected chi connectivity index (χ4v) is 5.03. The summed E-state index contributed by atoms with van der Waals surface area (Å²) in [6.07, 6.45) is 3.19. The van der Waals surface area contributed by atoms with E-state index in [1.165, 1.54) is 4.90 Å². The number of hydroxylamine groups is 2. The summed E-state index contributed by atoms with van der Waals surface area (Å²) in [6.45, 7) is 4.19. The Morgan fingerprint density at radius 2 is 2.00 bits per heavy atom. The number of fused-ring (bicyclic) bond motifs is 2. The molecule has 0 aliphatic carbocycles. The normalized spacial score (nSPS) is 30.9. The van der Waals surface area contributed by atoms with Crippen molar-refractivity contribution in [2.45, 2.75) is 50.1 Å². The van der Waals surface area contributed by atoms with Crippen molar-refractivity contribution in [2.24, 2.45) is 0 Å². The van der Waals surface area contributed by atoms with Crippen LogP contribution in [0.3, 0.4) is 0 Å². The maximum absolute atomic E-state index is 12.7. The van der Waals surface area contributed by atoms with Gasteiger partial charge in [0.25, 0.3) is 0 Å². The van der Waals surface area contributed by atoms with Crippen LogP contribution in [-0.2, 0) is 14.7 Å². The number of hydrogen-bond donors (Lipinski definition) is 1. The molecule has 4 heterocycles. The summed E-state index contributed by atoms with van der Waals surface area (Å²) in [5.74, 6) is 1.18. The summed E-state index contributed by atoms with van der Waals surface area (Å²) < 4.78 is 42.5. The second-order valence-electron chi connectivity index (χ2n) is 9.07. The van der Waals surface area contributed by atoms with Crippen LogP contribution >= 0.6 is 0 Å². The van der Waals surface area contributed by atoms with Crippen LogP contribution in [0.5, 0.6) is 0 Å². The molecule has 0 radical (unpaired) electrons. The average Bonchev–Trinajstić information content (AvgIpc) is 3.13. The van der Waals surface area contributed by atoms with Gasteiger partial charge >= 0.3 is 16.4 Å². The van der Waals surface area contributed by atoms with Crippen molar-refractivity contribution in [2.75, 3.05) is 33.7 Å². The van der Waals surface area contributed by atoms with Gasteiger partial charge in [-0.1, -0.05) is 5.16 Å². The third kappa shape index (κ3) is 3.51. The molecule has 0 unspecified atom stereocenters. The van der Waals surface area contributed by atoms with Gasteiger partial charge in [-0.25, -0.2) is 4.79 Å². The van der Waals surface area contributed by atoms with Crippen molar-refractivity contribution in [3.63, 3.8) is 0 Å². The molecule has 1 aromatic rings. The lowest BCUT2D eigenvalue weighted by atomic mass is 9.88. The molecule has 4 rings (SSSR count). The van der Waals surface area contributed by atoms with E-state index in [9.17, 15) is 13.2 Å². The third-order valence-corrected chi connectivity index (χ3v) is 6.72. The monoisotopic (exact) mass is 415 g/mol. The Hall–Kier alpha value is -1.69. The number of urea groups is 1. The number of amides is 2. The summed E-state index contributed by atoms with van der Waals surface area (Å²) in [5, 5.41) is 4.99. The van der Waals surface area contributed by atoms with Gasteiger partial charge in [-0.05, 0) is 19.8 Å². The van der Waals surface area contributed by atoms with Gasteiger partial charge in [0.2, 0.25) is 0 Å². The topological polar surface area (TPSA) is 113 Å². The number of piperidine rings is 2. The fraction of sp³-hybridized carbons (Fsp3) is 0.765. The highest BCUT2D eigenvalue weighted by Gasteiger charge is 2.55. The Morgan fingerprint density at radius 3 is 2.64 bits per heavy atom. The standard InChI is InChI=1S/C17H26N4O6S/c1-17-7-4-14(19(11-17)16(22)20(17)27-28(23,24)25)13-10-15(26-18-13)12-5-8-21(2,3)9-6-12/h10,12,14H,4-9,11H2,1-3H3/p+1/t14-,17+/m0/s1. The van der Waals surface area contributed by atoms with E-state index in [4.69, 9.17) is 9.08 Å². The number of likely N-dealkylation sites (tertiary alicyclic amines) is 1. The zero-order valence-corrected chi connectivity index (χ0v) is 17.2. The summed E-state index contributed by atoms with van der Waals surface area (Å²) in [5.41, 5.74) is -0.138. The van der Waals surface area contributed by atoms with Crippen LogP contribution in [-0.4, -0.2) is 77.9 Å². The number of nitrogens with zero attached hydrogens (tertiary/aromatic N) is 4. The lowest BCUT2D eigenvalue weighted by Crippen LogP contribution is -2.46. The summed E-state index contributed by atoms with van der Waals surface area (Å²) in [6, 6.07) is 1.04. The minimum absolute atomic E-state index is 0.295. The number of aromatic nitrogens is 1. The number of quaternary nitrogens is 1. The van der Waals surface area contributed by atoms with E-state index < -0.39 is 22.0 Å². The Morgan fingerprint density at radius 1 is 1.32 bits per heavy atom. The molecule has 3 saturated heterocycles. The molecule has 1 N–H and O–H groups in total. The van der Waals surface area contributed by atoms with Gasteiger partial charge < -0.3 is 13.9 Å². The second kappa shape index (κ2) is 6.41. The molecular formula is C17H27N4O6S+. The van der Waals surface area contributed by atoms with Crippen molar-refractivity contribution in [1.82, 2.24) is 15.1 Å². The molecule has 28 heavy (non-hydrogen) atoms. The molecule has 2 bridgehead atoms. The van der Waals surface area contributed by atoms with Gasteiger partial charge in [0.15, 0.2) is 0 Å². The van der Waals surface area contributed by atoms with Crippen LogP contribution in [0.25, 0.3) is 0 Å². The van der Waals surface area contributed by atoms with Crippen LogP contribution in [0, 0.1) is 0 Å². The SMILES string of the molecule is C[C@@]12CC[C@@H](c3cc(C4CC[N+](C)(C)CC4)on3)N(C1)C(=O)N2OS(=O)(=O)O. The van der Waals surface area contributed by atoms with E-state index in [0.717, 1.165) is 41.2 Å². The second-order valence-corrected chi connectivity index (χ2v) is 10.1.